The Bertz CT molecular complexity index is 2020. The molecule has 0 spiro atoms. The van der Waals surface area contributed by atoms with Crippen LogP contribution in [0.25, 0.3) is 0 Å². The topological polar surface area (TPSA) is 147 Å². The monoisotopic (exact) mass is 737 g/mol. The van der Waals surface area contributed by atoms with Crippen molar-refractivity contribution >= 4 is 68.2 Å². The second-order valence-electron chi connectivity index (χ2n) is 12.6. The van der Waals surface area contributed by atoms with Crippen LogP contribution in [0, 0.1) is 45.0 Å². The Balaban J connectivity index is 1.38. The summed E-state index contributed by atoms with van der Waals surface area (Å²) in [5, 5.41) is 21.8. The Morgan fingerprint density at radius 3 is 2.44 bits per heavy atom. The van der Waals surface area contributed by atoms with E-state index >= 15 is 0 Å². The Morgan fingerprint density at radius 1 is 1.02 bits per heavy atom. The summed E-state index contributed by atoms with van der Waals surface area (Å²) < 4.78 is 19.8. The number of phenolic OH excluding ortho intramolecular Hbond substituents is 1. The highest BCUT2D eigenvalue weighted by Crippen LogP contribution is 2.64. The van der Waals surface area contributed by atoms with Gasteiger partial charge in [0.05, 0.1) is 56.1 Å². The summed E-state index contributed by atoms with van der Waals surface area (Å²) in [5.74, 6) is -7.13. The zero-order chi connectivity index (χ0) is 34.4. The molecule has 11 nitrogen and oxygen atoms in total. The number of halogens is 3. The first-order valence-corrected chi connectivity index (χ1v) is 16.2. The first-order valence-electron chi connectivity index (χ1n) is 15.0. The lowest BCUT2D eigenvalue weighted by atomic mass is 9.51. The van der Waals surface area contributed by atoms with Crippen molar-refractivity contribution in [3.05, 3.63) is 97.2 Å². The van der Waals surface area contributed by atoms with E-state index in [2.05, 4.69) is 15.9 Å². The van der Waals surface area contributed by atoms with E-state index < -0.39 is 69.4 Å². The molecule has 2 saturated heterocycles. The maximum absolute atomic E-state index is 14.6. The summed E-state index contributed by atoms with van der Waals surface area (Å²) in [7, 11) is 1.37. The molecule has 1 N–H and O–H groups in total. The highest BCUT2D eigenvalue weighted by molar-refractivity contribution is 9.10. The van der Waals surface area contributed by atoms with Crippen LogP contribution in [-0.4, -0.2) is 40.8 Å². The first kappa shape index (κ1) is 32.0. The molecule has 6 unspecified atom stereocenters. The summed E-state index contributed by atoms with van der Waals surface area (Å²) in [6.45, 7) is 1.68. The molecule has 2 aliphatic carbocycles. The normalized spacial score (nSPS) is 27.9. The highest BCUT2D eigenvalue weighted by atomic mass is 79.9. The molecular formula is C34H26BrClFN3O8. The number of phenols is 1. The van der Waals surface area contributed by atoms with Gasteiger partial charge in [0, 0.05) is 18.1 Å². The van der Waals surface area contributed by atoms with Crippen molar-refractivity contribution in [3.8, 4) is 11.5 Å². The summed E-state index contributed by atoms with van der Waals surface area (Å²) in [5.41, 5.74) is -0.333. The molecule has 4 amide bonds. The van der Waals surface area contributed by atoms with Gasteiger partial charge in [0.1, 0.15) is 5.82 Å². The van der Waals surface area contributed by atoms with Crippen molar-refractivity contribution < 1.29 is 38.3 Å². The van der Waals surface area contributed by atoms with Crippen molar-refractivity contribution in [1.29, 1.82) is 0 Å². The van der Waals surface area contributed by atoms with Crippen LogP contribution in [0.5, 0.6) is 11.5 Å². The number of methoxy groups -OCH3 is 1. The van der Waals surface area contributed by atoms with E-state index in [1.807, 2.05) is 6.08 Å². The van der Waals surface area contributed by atoms with Gasteiger partial charge in [0.2, 0.25) is 23.6 Å². The second-order valence-corrected chi connectivity index (χ2v) is 13.9. The Kier molecular flexibility index (Phi) is 7.48. The van der Waals surface area contributed by atoms with Gasteiger partial charge < -0.3 is 9.84 Å². The third-order valence-electron chi connectivity index (χ3n) is 10.3. The van der Waals surface area contributed by atoms with Crippen molar-refractivity contribution in [2.75, 3.05) is 16.9 Å². The van der Waals surface area contributed by atoms with E-state index in [9.17, 15) is 38.8 Å². The molecule has 3 aromatic carbocycles. The van der Waals surface area contributed by atoms with Crippen molar-refractivity contribution in [2.45, 2.75) is 25.7 Å². The third kappa shape index (κ3) is 4.43. The van der Waals surface area contributed by atoms with Crippen molar-refractivity contribution in [1.82, 2.24) is 0 Å². The predicted octanol–water partition coefficient (Wildman–Crippen LogP) is 6.30. The average Bonchev–Trinajstić information content (AvgIpc) is 3.43. The summed E-state index contributed by atoms with van der Waals surface area (Å²) in [6, 6.07) is 12.1. The number of imide groups is 2. The van der Waals surface area contributed by atoms with Gasteiger partial charge in [0.15, 0.2) is 11.5 Å². The van der Waals surface area contributed by atoms with Crippen molar-refractivity contribution in [3.63, 3.8) is 0 Å². The highest BCUT2D eigenvalue weighted by Gasteiger charge is 2.67. The quantitative estimate of drug-likeness (QED) is 0.139. The summed E-state index contributed by atoms with van der Waals surface area (Å²) in [6.07, 6.45) is 2.05. The van der Waals surface area contributed by atoms with E-state index in [1.54, 1.807) is 19.1 Å². The molecule has 2 aliphatic heterocycles. The number of anilines is 2. The number of nitro groups is 1. The van der Waals surface area contributed by atoms with E-state index in [4.69, 9.17) is 16.3 Å². The smallest absolute Gasteiger partial charge is 0.271 e. The van der Waals surface area contributed by atoms with Crippen LogP contribution in [0.15, 0.2) is 70.7 Å². The Morgan fingerprint density at radius 2 is 1.75 bits per heavy atom. The lowest BCUT2D eigenvalue weighted by molar-refractivity contribution is -0.384. The van der Waals surface area contributed by atoms with Gasteiger partial charge in [-0.25, -0.2) is 14.2 Å². The first-order chi connectivity index (χ1) is 22.8. The number of amides is 4. The molecule has 48 heavy (non-hydrogen) atoms. The number of benzene rings is 3. The Hall–Kier alpha value is -4.62. The average molecular weight is 739 g/mol. The summed E-state index contributed by atoms with van der Waals surface area (Å²) >= 11 is 9.43. The molecule has 1 saturated carbocycles. The third-order valence-corrected chi connectivity index (χ3v) is 11.2. The molecule has 7 rings (SSSR count). The standard InChI is InChI=1S/C34H26BrClFN3O8/c1-34-22(31(43)39(33(34)45)17-6-9-25(37)24(36)13-17)14-21-19(28(34)15-10-23(35)29(41)26(11-15)48-2)7-8-20-27(21)32(44)38(30(20)42)16-4-3-5-18(12-16)40(46)47/h3-7,9-13,20-22,27-28,41H,8,14H2,1-2H3. The largest absolute Gasteiger partial charge is 0.503 e. The van der Waals surface area contributed by atoms with Crippen LogP contribution < -0.4 is 14.5 Å². The molecule has 0 aromatic heterocycles. The number of allylic oxidation sites excluding steroid dienone is 2. The Labute approximate surface area is 286 Å². The van der Waals surface area contributed by atoms with Crippen molar-refractivity contribution in [2.24, 2.45) is 29.1 Å². The number of nitrogens with zero attached hydrogens (tertiary/aromatic N) is 3. The molecule has 3 aromatic rings. The van der Waals surface area contributed by atoms with Crippen LogP contribution in [0.2, 0.25) is 5.02 Å². The van der Waals surface area contributed by atoms with Gasteiger partial charge in [0.25, 0.3) is 5.69 Å². The molecule has 14 heteroatoms. The number of non-ortho nitro benzene ring substituents is 1. The van der Waals surface area contributed by atoms with E-state index in [-0.39, 0.29) is 50.9 Å². The second kappa shape index (κ2) is 11.2. The number of fused-ring (bicyclic) bond motifs is 4. The lowest BCUT2D eigenvalue weighted by Crippen LogP contribution is -2.48. The number of ether oxygens (including phenoxy) is 1. The fourth-order valence-electron chi connectivity index (χ4n) is 8.18. The van der Waals surface area contributed by atoms with Gasteiger partial charge >= 0.3 is 0 Å². The number of hydrogen-bond donors (Lipinski definition) is 1. The summed E-state index contributed by atoms with van der Waals surface area (Å²) in [4.78, 5) is 69.8. The molecule has 0 bridgehead atoms. The molecule has 4 aliphatic rings. The fourth-order valence-corrected chi connectivity index (χ4v) is 8.82. The minimum absolute atomic E-state index is 0.0498. The molecule has 3 fully saturated rings. The van der Waals surface area contributed by atoms with Crippen LogP contribution in [0.4, 0.5) is 21.5 Å². The predicted molar refractivity (Wildman–Crippen MR) is 174 cm³/mol. The number of hydrogen-bond acceptors (Lipinski definition) is 8. The number of rotatable bonds is 5. The maximum atomic E-state index is 14.6. The van der Waals surface area contributed by atoms with E-state index in [1.165, 1.54) is 43.5 Å². The zero-order valence-corrected chi connectivity index (χ0v) is 27.7. The number of nitro benzene ring substituents is 1. The molecular weight excluding hydrogens is 713 g/mol. The van der Waals surface area contributed by atoms with Crippen LogP contribution in [0.3, 0.4) is 0 Å². The lowest BCUT2D eigenvalue weighted by Gasteiger charge is -2.49. The number of carbonyl (C=O) groups excluding carboxylic acids is 4. The minimum atomic E-state index is -1.42. The van der Waals surface area contributed by atoms with Gasteiger partial charge in [-0.1, -0.05) is 29.3 Å². The fraction of sp³-hybridized carbons (Fsp3) is 0.294. The molecule has 246 valence electrons. The number of carbonyl (C=O) groups is 4. The van der Waals surface area contributed by atoms with Gasteiger partial charge in [-0.15, -0.1) is 0 Å². The maximum Gasteiger partial charge on any atom is 0.271 e. The SMILES string of the molecule is COc1cc(C2C3=CCC4C(=O)N(c5cccc([N+](=O)[O-])c5)C(=O)C4C3CC3C(=O)N(c4ccc(F)c(Cl)c4)C(=O)C32C)cc(Br)c1O. The molecule has 2 heterocycles. The van der Waals surface area contributed by atoms with Gasteiger partial charge in [-0.2, -0.15) is 0 Å². The number of aromatic hydroxyl groups is 1. The van der Waals surface area contributed by atoms with Gasteiger partial charge in [-0.3, -0.25) is 29.3 Å². The van der Waals surface area contributed by atoms with E-state index in [0.717, 1.165) is 15.9 Å². The van der Waals surface area contributed by atoms with Crippen LogP contribution >= 0.6 is 27.5 Å². The zero-order valence-electron chi connectivity index (χ0n) is 25.4. The minimum Gasteiger partial charge on any atom is -0.503 e. The van der Waals surface area contributed by atoms with Crippen LogP contribution in [0.1, 0.15) is 31.2 Å². The van der Waals surface area contributed by atoms with Crippen LogP contribution in [-0.2, 0) is 19.2 Å². The van der Waals surface area contributed by atoms with E-state index in [0.29, 0.717) is 11.1 Å². The molecule has 0 radical (unpaired) electrons. The van der Waals surface area contributed by atoms with Gasteiger partial charge in [-0.05, 0) is 83.6 Å². The molecule has 6 atom stereocenters.